The van der Waals surface area contributed by atoms with Crippen LogP contribution in [-0.2, 0) is 10.3 Å². The van der Waals surface area contributed by atoms with E-state index in [1.54, 1.807) is 11.3 Å². The summed E-state index contributed by atoms with van der Waals surface area (Å²) in [6, 6.07) is 4.00. The lowest BCUT2D eigenvalue weighted by molar-refractivity contribution is -0.0303. The van der Waals surface area contributed by atoms with E-state index in [9.17, 15) is 5.11 Å². The van der Waals surface area contributed by atoms with E-state index in [4.69, 9.17) is 4.74 Å². The van der Waals surface area contributed by atoms with Crippen LogP contribution in [0.15, 0.2) is 17.5 Å². The third kappa shape index (κ3) is 1.23. The summed E-state index contributed by atoms with van der Waals surface area (Å²) >= 11 is 1.62. The molecule has 0 spiro atoms. The molecule has 82 valence electrons. The molecule has 0 unspecified atom stereocenters. The fourth-order valence-corrected chi connectivity index (χ4v) is 3.75. The Kier molecular flexibility index (Phi) is 2.00. The summed E-state index contributed by atoms with van der Waals surface area (Å²) in [4.78, 5) is 1.03. The summed E-state index contributed by atoms with van der Waals surface area (Å²) in [5, 5.41) is 12.7. The van der Waals surface area contributed by atoms with Crippen LogP contribution < -0.4 is 0 Å². The van der Waals surface area contributed by atoms with Gasteiger partial charge in [0.2, 0.25) is 0 Å². The summed E-state index contributed by atoms with van der Waals surface area (Å²) in [7, 11) is 0. The van der Waals surface area contributed by atoms with E-state index in [1.807, 2.05) is 24.4 Å². The molecule has 2 aliphatic rings. The number of hydrogen-bond acceptors (Lipinski definition) is 3. The average Bonchev–Trinajstić information content (AvgIpc) is 2.73. The highest BCUT2D eigenvalue weighted by Crippen LogP contribution is 2.58. The van der Waals surface area contributed by atoms with Crippen LogP contribution in [0.5, 0.6) is 0 Å². The molecule has 3 atom stereocenters. The minimum Gasteiger partial charge on any atom is -0.381 e. The van der Waals surface area contributed by atoms with Crippen molar-refractivity contribution in [1.29, 1.82) is 0 Å². The smallest absolute Gasteiger partial charge is 0.128 e. The number of epoxide rings is 1. The predicted molar refractivity (Wildman–Crippen MR) is 60.0 cm³/mol. The second-order valence-electron chi connectivity index (χ2n) is 4.79. The van der Waals surface area contributed by atoms with Gasteiger partial charge in [0.15, 0.2) is 0 Å². The molecule has 0 bridgehead atoms. The number of fused-ring (bicyclic) bond motifs is 1. The fourth-order valence-electron chi connectivity index (χ4n) is 2.88. The number of ether oxygens (including phenoxy) is 1. The predicted octanol–water partition coefficient (Wildman–Crippen LogP) is 2.67. The first-order valence-electron chi connectivity index (χ1n) is 5.61. The van der Waals surface area contributed by atoms with E-state index >= 15 is 0 Å². The van der Waals surface area contributed by atoms with Crippen molar-refractivity contribution in [2.45, 2.75) is 49.9 Å². The Morgan fingerprint density at radius 1 is 1.60 bits per heavy atom. The topological polar surface area (TPSA) is 32.8 Å². The quantitative estimate of drug-likeness (QED) is 0.783. The number of thiophene rings is 1. The van der Waals surface area contributed by atoms with Gasteiger partial charge in [-0.3, -0.25) is 0 Å². The standard InChI is InChI=1S/C12H16O2S/c1-11(13,10-6-4-8-15-10)12-7-3-2-5-9(12)14-12/h4,6,8-9,13H,2-3,5,7H2,1H3/t9-,11+,12+/m0/s1. The summed E-state index contributed by atoms with van der Waals surface area (Å²) in [5.41, 5.74) is -1.07. The lowest BCUT2D eigenvalue weighted by Crippen LogP contribution is -2.42. The molecule has 2 heterocycles. The maximum atomic E-state index is 10.7. The summed E-state index contributed by atoms with van der Waals surface area (Å²) in [6.07, 6.45) is 4.83. The SMILES string of the molecule is C[C@@](O)(c1cccs1)[C@@]12CCCC[C@@H]1O2. The van der Waals surface area contributed by atoms with Crippen LogP contribution in [0.25, 0.3) is 0 Å². The van der Waals surface area contributed by atoms with Gasteiger partial charge in [0.25, 0.3) is 0 Å². The zero-order valence-corrected chi connectivity index (χ0v) is 9.72. The Bertz CT molecular complexity index is 358. The zero-order chi connectivity index (χ0) is 10.5. The number of hydrogen-bond donors (Lipinski definition) is 1. The minimum atomic E-state index is -0.799. The van der Waals surface area contributed by atoms with Crippen LogP contribution in [-0.4, -0.2) is 16.8 Å². The van der Waals surface area contributed by atoms with E-state index in [2.05, 4.69) is 0 Å². The molecule has 1 aromatic heterocycles. The maximum absolute atomic E-state index is 10.7. The minimum absolute atomic E-state index is 0.268. The van der Waals surface area contributed by atoms with E-state index in [0.29, 0.717) is 6.10 Å². The average molecular weight is 224 g/mol. The lowest BCUT2D eigenvalue weighted by Gasteiger charge is -2.32. The fraction of sp³-hybridized carbons (Fsp3) is 0.667. The van der Waals surface area contributed by atoms with E-state index in [-0.39, 0.29) is 5.60 Å². The Labute approximate surface area is 93.9 Å². The summed E-state index contributed by atoms with van der Waals surface area (Å²) in [5.74, 6) is 0. The third-order valence-corrected chi connectivity index (χ3v) is 4.99. The van der Waals surface area contributed by atoms with Gasteiger partial charge in [-0.05, 0) is 31.2 Å². The third-order valence-electron chi connectivity index (χ3n) is 3.90. The van der Waals surface area contributed by atoms with Crippen molar-refractivity contribution in [1.82, 2.24) is 0 Å². The van der Waals surface area contributed by atoms with E-state index in [0.717, 1.165) is 17.7 Å². The van der Waals surface area contributed by atoms with Gasteiger partial charge in [-0.15, -0.1) is 11.3 Å². The first-order valence-corrected chi connectivity index (χ1v) is 6.49. The van der Waals surface area contributed by atoms with Crippen LogP contribution in [0.1, 0.15) is 37.5 Å². The van der Waals surface area contributed by atoms with Crippen LogP contribution >= 0.6 is 11.3 Å². The van der Waals surface area contributed by atoms with Crippen molar-refractivity contribution < 1.29 is 9.84 Å². The molecule has 15 heavy (non-hydrogen) atoms. The molecule has 0 aromatic carbocycles. The molecule has 1 N–H and O–H groups in total. The van der Waals surface area contributed by atoms with Crippen molar-refractivity contribution in [2.75, 3.05) is 0 Å². The molecule has 1 aliphatic carbocycles. The molecule has 0 radical (unpaired) electrons. The summed E-state index contributed by atoms with van der Waals surface area (Å²) < 4.78 is 5.81. The molecule has 2 nitrogen and oxygen atoms in total. The monoisotopic (exact) mass is 224 g/mol. The molecular weight excluding hydrogens is 208 g/mol. The van der Waals surface area contributed by atoms with Crippen molar-refractivity contribution >= 4 is 11.3 Å². The largest absolute Gasteiger partial charge is 0.381 e. The van der Waals surface area contributed by atoms with Gasteiger partial charge in [0.05, 0.1) is 6.10 Å². The molecule has 3 rings (SSSR count). The van der Waals surface area contributed by atoms with Crippen LogP contribution in [0.2, 0.25) is 0 Å². The van der Waals surface area contributed by atoms with Crippen molar-refractivity contribution in [2.24, 2.45) is 0 Å². The van der Waals surface area contributed by atoms with Gasteiger partial charge in [-0.25, -0.2) is 0 Å². The summed E-state index contributed by atoms with van der Waals surface area (Å²) in [6.45, 7) is 1.91. The molecule has 1 saturated carbocycles. The molecular formula is C12H16O2S. The highest BCUT2D eigenvalue weighted by Gasteiger charge is 2.67. The van der Waals surface area contributed by atoms with Gasteiger partial charge in [0.1, 0.15) is 11.2 Å². The molecule has 1 aromatic rings. The normalized spacial score (nSPS) is 38.1. The van der Waals surface area contributed by atoms with E-state index in [1.165, 1.54) is 12.8 Å². The van der Waals surface area contributed by atoms with E-state index < -0.39 is 5.60 Å². The second-order valence-corrected chi connectivity index (χ2v) is 5.74. The first-order chi connectivity index (χ1) is 7.17. The van der Waals surface area contributed by atoms with Gasteiger partial charge in [-0.2, -0.15) is 0 Å². The van der Waals surface area contributed by atoms with Gasteiger partial charge < -0.3 is 9.84 Å². The van der Waals surface area contributed by atoms with Gasteiger partial charge in [0, 0.05) is 4.88 Å². The van der Waals surface area contributed by atoms with Gasteiger partial charge >= 0.3 is 0 Å². The van der Waals surface area contributed by atoms with Crippen LogP contribution in [0.4, 0.5) is 0 Å². The van der Waals surface area contributed by atoms with Crippen molar-refractivity contribution in [3.63, 3.8) is 0 Å². The van der Waals surface area contributed by atoms with Crippen LogP contribution in [0, 0.1) is 0 Å². The highest BCUT2D eigenvalue weighted by molar-refractivity contribution is 7.10. The molecule has 0 amide bonds. The molecule has 2 fully saturated rings. The Hall–Kier alpha value is -0.380. The molecule has 1 saturated heterocycles. The van der Waals surface area contributed by atoms with Crippen molar-refractivity contribution in [3.8, 4) is 0 Å². The maximum Gasteiger partial charge on any atom is 0.128 e. The Morgan fingerprint density at radius 3 is 3.13 bits per heavy atom. The Morgan fingerprint density at radius 2 is 2.47 bits per heavy atom. The second kappa shape index (κ2) is 3.06. The lowest BCUT2D eigenvalue weighted by atomic mass is 9.76. The highest BCUT2D eigenvalue weighted by atomic mass is 32.1. The van der Waals surface area contributed by atoms with Gasteiger partial charge in [-0.1, -0.05) is 18.9 Å². The number of rotatable bonds is 2. The van der Waals surface area contributed by atoms with Crippen molar-refractivity contribution in [3.05, 3.63) is 22.4 Å². The molecule has 3 heteroatoms. The number of aliphatic hydroxyl groups is 1. The Balaban J connectivity index is 1.93. The van der Waals surface area contributed by atoms with Crippen LogP contribution in [0.3, 0.4) is 0 Å². The zero-order valence-electron chi connectivity index (χ0n) is 8.90. The molecule has 1 aliphatic heterocycles. The first kappa shape index (κ1) is 9.82.